The van der Waals surface area contributed by atoms with E-state index in [2.05, 4.69) is 4.90 Å². The minimum Gasteiger partial charge on any atom is -0.494 e. The summed E-state index contributed by atoms with van der Waals surface area (Å²) in [4.78, 5) is 2.31. The molecule has 3 nitrogen and oxygen atoms in total. The molecule has 1 fully saturated rings. The topological polar surface area (TPSA) is 32.7 Å². The van der Waals surface area contributed by atoms with Gasteiger partial charge in [-0.2, -0.15) is 0 Å². The maximum Gasteiger partial charge on any atom is 0.165 e. The number of aliphatic hydroxyl groups is 1. The SMILES string of the molecule is COc1ccc(CN2CCC(CCO)C2)cc1F. The number of likely N-dealkylation sites (tertiary alicyclic amines) is 1. The van der Waals surface area contributed by atoms with E-state index in [9.17, 15) is 4.39 Å². The zero-order chi connectivity index (χ0) is 13.0. The van der Waals surface area contributed by atoms with Crippen molar-refractivity contribution in [1.29, 1.82) is 0 Å². The van der Waals surface area contributed by atoms with Crippen LogP contribution in [0.3, 0.4) is 0 Å². The molecule has 1 N–H and O–H groups in total. The number of aliphatic hydroxyl groups excluding tert-OH is 1. The Kier molecular flexibility index (Phi) is 4.55. The molecular weight excluding hydrogens is 233 g/mol. The summed E-state index contributed by atoms with van der Waals surface area (Å²) in [6, 6.07) is 5.12. The summed E-state index contributed by atoms with van der Waals surface area (Å²) in [5.74, 6) is 0.567. The van der Waals surface area contributed by atoms with Crippen molar-refractivity contribution in [2.75, 3.05) is 26.8 Å². The maximum atomic E-state index is 13.5. The first kappa shape index (κ1) is 13.3. The number of ether oxygens (including phenoxy) is 1. The smallest absolute Gasteiger partial charge is 0.165 e. The Morgan fingerprint density at radius 3 is 3.00 bits per heavy atom. The van der Waals surface area contributed by atoms with E-state index in [0.717, 1.165) is 38.0 Å². The second-order valence-electron chi connectivity index (χ2n) is 4.87. The molecule has 4 heteroatoms. The van der Waals surface area contributed by atoms with Crippen LogP contribution in [0.5, 0.6) is 5.75 Å². The Hall–Kier alpha value is -1.13. The molecule has 0 saturated carbocycles. The Balaban J connectivity index is 1.92. The van der Waals surface area contributed by atoms with Gasteiger partial charge in [-0.05, 0) is 43.0 Å². The average Bonchev–Trinajstić information content (AvgIpc) is 2.77. The summed E-state index contributed by atoms with van der Waals surface area (Å²) >= 11 is 0. The van der Waals surface area contributed by atoms with Gasteiger partial charge in [0.2, 0.25) is 0 Å². The van der Waals surface area contributed by atoms with E-state index in [1.165, 1.54) is 13.2 Å². The zero-order valence-electron chi connectivity index (χ0n) is 10.7. The molecule has 2 rings (SSSR count). The molecule has 1 aliphatic rings. The van der Waals surface area contributed by atoms with Gasteiger partial charge in [0.05, 0.1) is 7.11 Å². The number of nitrogens with zero attached hydrogens (tertiary/aromatic N) is 1. The van der Waals surface area contributed by atoms with Crippen molar-refractivity contribution in [1.82, 2.24) is 4.90 Å². The van der Waals surface area contributed by atoms with Crippen LogP contribution >= 0.6 is 0 Å². The molecule has 0 spiro atoms. The van der Waals surface area contributed by atoms with Gasteiger partial charge in [-0.3, -0.25) is 4.90 Å². The molecule has 1 heterocycles. The lowest BCUT2D eigenvalue weighted by Gasteiger charge is -2.16. The molecule has 1 aromatic carbocycles. The third-order valence-electron chi connectivity index (χ3n) is 3.53. The van der Waals surface area contributed by atoms with Gasteiger partial charge in [0.1, 0.15) is 0 Å². The number of rotatable bonds is 5. The first-order valence-electron chi connectivity index (χ1n) is 6.38. The normalized spacial score (nSPS) is 20.3. The second-order valence-corrected chi connectivity index (χ2v) is 4.87. The van der Waals surface area contributed by atoms with Gasteiger partial charge in [0.25, 0.3) is 0 Å². The minimum absolute atomic E-state index is 0.260. The minimum atomic E-state index is -0.305. The van der Waals surface area contributed by atoms with Crippen molar-refractivity contribution in [3.63, 3.8) is 0 Å². The van der Waals surface area contributed by atoms with Gasteiger partial charge >= 0.3 is 0 Å². The quantitative estimate of drug-likeness (QED) is 0.871. The number of benzene rings is 1. The molecule has 0 bridgehead atoms. The van der Waals surface area contributed by atoms with Crippen LogP contribution in [0, 0.1) is 11.7 Å². The van der Waals surface area contributed by atoms with Crippen molar-refractivity contribution in [2.24, 2.45) is 5.92 Å². The van der Waals surface area contributed by atoms with Crippen molar-refractivity contribution in [3.8, 4) is 5.75 Å². The Morgan fingerprint density at radius 2 is 2.33 bits per heavy atom. The van der Waals surface area contributed by atoms with Gasteiger partial charge in [-0.1, -0.05) is 6.07 Å². The molecule has 1 saturated heterocycles. The highest BCUT2D eigenvalue weighted by molar-refractivity contribution is 5.29. The molecule has 1 unspecified atom stereocenters. The van der Waals surface area contributed by atoms with Crippen LogP contribution in [0.25, 0.3) is 0 Å². The monoisotopic (exact) mass is 253 g/mol. The van der Waals surface area contributed by atoms with Crippen LogP contribution in [0.4, 0.5) is 4.39 Å². The van der Waals surface area contributed by atoms with Gasteiger partial charge in [0.15, 0.2) is 11.6 Å². The number of hydrogen-bond acceptors (Lipinski definition) is 3. The Bertz CT molecular complexity index is 397. The average molecular weight is 253 g/mol. The zero-order valence-corrected chi connectivity index (χ0v) is 10.7. The summed E-state index contributed by atoms with van der Waals surface area (Å²) in [6.07, 6.45) is 1.99. The lowest BCUT2D eigenvalue weighted by atomic mass is 10.1. The largest absolute Gasteiger partial charge is 0.494 e. The molecule has 1 aromatic rings. The van der Waals surface area contributed by atoms with E-state index >= 15 is 0 Å². The van der Waals surface area contributed by atoms with Crippen LogP contribution in [-0.4, -0.2) is 36.8 Å². The number of halogens is 1. The van der Waals surface area contributed by atoms with Crippen molar-refractivity contribution in [3.05, 3.63) is 29.6 Å². The predicted molar refractivity (Wildman–Crippen MR) is 68.0 cm³/mol. The van der Waals surface area contributed by atoms with Crippen molar-refractivity contribution in [2.45, 2.75) is 19.4 Å². The standard InChI is InChI=1S/C14H20FNO2/c1-18-14-3-2-12(8-13(14)15)10-16-6-4-11(9-16)5-7-17/h2-3,8,11,17H,4-7,9-10H2,1H3. The Labute approximate surface area is 107 Å². The van der Waals surface area contributed by atoms with E-state index < -0.39 is 0 Å². The molecule has 0 amide bonds. The van der Waals surface area contributed by atoms with Crippen LogP contribution in [0.2, 0.25) is 0 Å². The van der Waals surface area contributed by atoms with Crippen molar-refractivity contribution < 1.29 is 14.2 Å². The summed E-state index contributed by atoms with van der Waals surface area (Å²) < 4.78 is 18.4. The van der Waals surface area contributed by atoms with Crippen molar-refractivity contribution >= 4 is 0 Å². The summed E-state index contributed by atoms with van der Waals surface area (Å²) in [5, 5.41) is 8.91. The van der Waals surface area contributed by atoms with E-state index in [0.29, 0.717) is 11.7 Å². The van der Waals surface area contributed by atoms with E-state index in [-0.39, 0.29) is 12.4 Å². The summed E-state index contributed by atoms with van der Waals surface area (Å²) in [6.45, 7) is 3.05. The summed E-state index contributed by atoms with van der Waals surface area (Å²) in [5.41, 5.74) is 0.970. The Morgan fingerprint density at radius 1 is 1.50 bits per heavy atom. The molecule has 100 valence electrons. The summed E-state index contributed by atoms with van der Waals surface area (Å²) in [7, 11) is 1.47. The highest BCUT2D eigenvalue weighted by Gasteiger charge is 2.21. The van der Waals surface area contributed by atoms with Crippen LogP contribution in [0.1, 0.15) is 18.4 Å². The molecule has 0 aliphatic carbocycles. The fourth-order valence-electron chi connectivity index (χ4n) is 2.54. The third kappa shape index (κ3) is 3.21. The molecule has 1 aliphatic heterocycles. The van der Waals surface area contributed by atoms with Crippen LogP contribution < -0.4 is 4.74 Å². The second kappa shape index (κ2) is 6.16. The number of hydrogen-bond donors (Lipinski definition) is 1. The van der Waals surface area contributed by atoms with Gasteiger partial charge < -0.3 is 9.84 Å². The maximum absolute atomic E-state index is 13.5. The fourth-order valence-corrected chi connectivity index (χ4v) is 2.54. The lowest BCUT2D eigenvalue weighted by Crippen LogP contribution is -2.20. The van der Waals surface area contributed by atoms with Gasteiger partial charge in [0, 0.05) is 19.7 Å². The number of methoxy groups -OCH3 is 1. The molecule has 18 heavy (non-hydrogen) atoms. The van der Waals surface area contributed by atoms with E-state index in [4.69, 9.17) is 9.84 Å². The molecule has 0 radical (unpaired) electrons. The molecule has 0 aromatic heterocycles. The molecular formula is C14H20FNO2. The van der Waals surface area contributed by atoms with Gasteiger partial charge in [-0.15, -0.1) is 0 Å². The highest BCUT2D eigenvalue weighted by atomic mass is 19.1. The van der Waals surface area contributed by atoms with E-state index in [1.54, 1.807) is 6.07 Å². The third-order valence-corrected chi connectivity index (χ3v) is 3.53. The fraction of sp³-hybridized carbons (Fsp3) is 0.571. The predicted octanol–water partition coefficient (Wildman–Crippen LogP) is 2.04. The first-order chi connectivity index (χ1) is 8.72. The molecule has 1 atom stereocenters. The van der Waals surface area contributed by atoms with E-state index in [1.807, 2.05) is 6.07 Å². The van der Waals surface area contributed by atoms with Crippen LogP contribution in [0.15, 0.2) is 18.2 Å². The first-order valence-corrected chi connectivity index (χ1v) is 6.38. The van der Waals surface area contributed by atoms with Crippen LogP contribution in [-0.2, 0) is 6.54 Å². The highest BCUT2D eigenvalue weighted by Crippen LogP contribution is 2.23. The van der Waals surface area contributed by atoms with Gasteiger partial charge in [-0.25, -0.2) is 4.39 Å². The lowest BCUT2D eigenvalue weighted by molar-refractivity contribution is 0.249.